The molecule has 1 rings (SSSR count). The second kappa shape index (κ2) is 6.51. The average molecular weight is 426 g/mol. The molecule has 0 fully saturated rings. The minimum absolute atomic E-state index is 0.170. The third-order valence-electron chi connectivity index (χ3n) is 2.39. The fraction of sp³-hybridized carbons (Fsp3) is 0.333. The SMILES string of the molecule is CC(C)[C@H](NC(=O)c1cc(Br)ccc1I)C(=O)O. The molecule has 2 N–H and O–H groups in total. The lowest BCUT2D eigenvalue weighted by molar-refractivity contribution is -0.140. The zero-order chi connectivity index (χ0) is 13.9. The number of amides is 1. The Hall–Kier alpha value is -0.630. The van der Waals surface area contributed by atoms with Crippen molar-refractivity contribution in [3.8, 4) is 0 Å². The Morgan fingerprint density at radius 1 is 1.39 bits per heavy atom. The number of carbonyl (C=O) groups is 2. The van der Waals surface area contributed by atoms with Crippen molar-refractivity contribution in [1.29, 1.82) is 0 Å². The Labute approximate surface area is 127 Å². The van der Waals surface area contributed by atoms with Crippen molar-refractivity contribution < 1.29 is 14.7 Å². The lowest BCUT2D eigenvalue weighted by Gasteiger charge is -2.18. The number of hydrogen-bond acceptors (Lipinski definition) is 2. The highest BCUT2D eigenvalue weighted by atomic mass is 127. The molecule has 0 unspecified atom stereocenters. The molecule has 0 saturated heterocycles. The molecule has 6 heteroatoms. The van der Waals surface area contributed by atoms with Crippen molar-refractivity contribution in [3.63, 3.8) is 0 Å². The maximum atomic E-state index is 12.0. The molecule has 4 nitrogen and oxygen atoms in total. The molecule has 1 amide bonds. The van der Waals surface area contributed by atoms with Crippen LogP contribution in [0.25, 0.3) is 0 Å². The van der Waals surface area contributed by atoms with Gasteiger partial charge in [-0.05, 0) is 46.7 Å². The summed E-state index contributed by atoms with van der Waals surface area (Å²) in [6, 6.07) is 4.42. The van der Waals surface area contributed by atoms with Gasteiger partial charge in [0.25, 0.3) is 5.91 Å². The van der Waals surface area contributed by atoms with Gasteiger partial charge in [0.2, 0.25) is 0 Å². The van der Waals surface area contributed by atoms with Gasteiger partial charge in [0.15, 0.2) is 0 Å². The van der Waals surface area contributed by atoms with Gasteiger partial charge in [0.1, 0.15) is 6.04 Å². The number of carboxylic acids is 1. The van der Waals surface area contributed by atoms with E-state index in [1.165, 1.54) is 0 Å². The number of carboxylic acid groups (broad SMARTS) is 1. The first-order valence-electron chi connectivity index (χ1n) is 5.31. The van der Waals surface area contributed by atoms with Crippen LogP contribution in [-0.2, 0) is 4.79 Å². The van der Waals surface area contributed by atoms with Crippen LogP contribution in [0.5, 0.6) is 0 Å². The van der Waals surface area contributed by atoms with E-state index in [1.807, 2.05) is 28.7 Å². The van der Waals surface area contributed by atoms with Crippen molar-refractivity contribution in [2.75, 3.05) is 0 Å². The molecule has 0 radical (unpaired) electrons. The van der Waals surface area contributed by atoms with E-state index in [9.17, 15) is 9.59 Å². The first kappa shape index (κ1) is 15.4. The number of benzene rings is 1. The van der Waals surface area contributed by atoms with E-state index in [-0.39, 0.29) is 11.8 Å². The third-order valence-corrected chi connectivity index (χ3v) is 3.83. The van der Waals surface area contributed by atoms with E-state index in [4.69, 9.17) is 5.11 Å². The monoisotopic (exact) mass is 425 g/mol. The Kier molecular flexibility index (Phi) is 5.58. The maximum absolute atomic E-state index is 12.0. The molecule has 98 valence electrons. The summed E-state index contributed by atoms with van der Waals surface area (Å²) in [6.45, 7) is 3.51. The van der Waals surface area contributed by atoms with Crippen molar-refractivity contribution in [2.45, 2.75) is 19.9 Å². The van der Waals surface area contributed by atoms with E-state index < -0.39 is 12.0 Å². The summed E-state index contributed by atoms with van der Waals surface area (Å²) >= 11 is 5.33. The molecule has 0 spiro atoms. The molecule has 0 aliphatic rings. The minimum Gasteiger partial charge on any atom is -0.480 e. The Morgan fingerprint density at radius 2 is 2.00 bits per heavy atom. The van der Waals surface area contributed by atoms with Crippen LogP contribution in [0, 0.1) is 9.49 Å². The van der Waals surface area contributed by atoms with Crippen LogP contribution in [0.4, 0.5) is 0 Å². The summed E-state index contributed by atoms with van der Waals surface area (Å²) in [5.74, 6) is -1.57. The lowest BCUT2D eigenvalue weighted by atomic mass is 10.0. The largest absolute Gasteiger partial charge is 0.480 e. The summed E-state index contributed by atoms with van der Waals surface area (Å²) < 4.78 is 1.56. The molecule has 0 bridgehead atoms. The third kappa shape index (κ3) is 3.94. The predicted octanol–water partition coefficient (Wildman–Crippen LogP) is 2.89. The molecule has 0 saturated carbocycles. The number of nitrogens with one attached hydrogen (secondary N) is 1. The Morgan fingerprint density at radius 3 is 2.50 bits per heavy atom. The number of rotatable bonds is 4. The van der Waals surface area contributed by atoms with Gasteiger partial charge >= 0.3 is 5.97 Å². The zero-order valence-corrected chi connectivity index (χ0v) is 13.6. The van der Waals surface area contributed by atoms with E-state index in [1.54, 1.807) is 26.0 Å². The number of carbonyl (C=O) groups excluding carboxylic acids is 1. The smallest absolute Gasteiger partial charge is 0.326 e. The molecule has 0 aromatic heterocycles. The molecule has 1 atom stereocenters. The first-order chi connectivity index (χ1) is 8.32. The van der Waals surface area contributed by atoms with Gasteiger partial charge < -0.3 is 10.4 Å². The van der Waals surface area contributed by atoms with E-state index >= 15 is 0 Å². The highest BCUT2D eigenvalue weighted by molar-refractivity contribution is 14.1. The topological polar surface area (TPSA) is 66.4 Å². The standard InChI is InChI=1S/C12H13BrINO3/c1-6(2)10(12(17)18)15-11(16)8-5-7(13)3-4-9(8)14/h3-6,10H,1-2H3,(H,15,16)(H,17,18)/t10-/m0/s1. The van der Waals surface area contributed by atoms with Crippen LogP contribution in [0.1, 0.15) is 24.2 Å². The van der Waals surface area contributed by atoms with Crippen molar-refractivity contribution in [1.82, 2.24) is 5.32 Å². The average Bonchev–Trinajstić information content (AvgIpc) is 2.28. The van der Waals surface area contributed by atoms with Gasteiger partial charge in [0, 0.05) is 8.04 Å². The lowest BCUT2D eigenvalue weighted by Crippen LogP contribution is -2.44. The van der Waals surface area contributed by atoms with Crippen LogP contribution >= 0.6 is 38.5 Å². The Bertz CT molecular complexity index is 476. The van der Waals surface area contributed by atoms with E-state index in [2.05, 4.69) is 21.2 Å². The van der Waals surface area contributed by atoms with Crippen LogP contribution in [-0.4, -0.2) is 23.0 Å². The summed E-state index contributed by atoms with van der Waals surface area (Å²) in [5.41, 5.74) is 0.469. The number of halogens is 2. The van der Waals surface area contributed by atoms with Crippen LogP contribution in [0.3, 0.4) is 0 Å². The van der Waals surface area contributed by atoms with Crippen LogP contribution in [0.15, 0.2) is 22.7 Å². The van der Waals surface area contributed by atoms with Gasteiger partial charge in [-0.2, -0.15) is 0 Å². The van der Waals surface area contributed by atoms with E-state index in [0.717, 1.165) is 8.04 Å². The Balaban J connectivity index is 2.94. The maximum Gasteiger partial charge on any atom is 0.326 e. The van der Waals surface area contributed by atoms with Crippen molar-refractivity contribution in [3.05, 3.63) is 31.8 Å². The summed E-state index contributed by atoms with van der Waals surface area (Å²) in [6.07, 6.45) is 0. The molecule has 1 aromatic carbocycles. The van der Waals surface area contributed by atoms with Gasteiger partial charge in [-0.15, -0.1) is 0 Å². The van der Waals surface area contributed by atoms with Crippen molar-refractivity contribution in [2.24, 2.45) is 5.92 Å². The van der Waals surface area contributed by atoms with Gasteiger partial charge in [-0.3, -0.25) is 4.79 Å². The van der Waals surface area contributed by atoms with E-state index in [0.29, 0.717) is 5.56 Å². The second-order valence-electron chi connectivity index (χ2n) is 4.16. The fourth-order valence-corrected chi connectivity index (χ4v) is 2.35. The van der Waals surface area contributed by atoms with Crippen LogP contribution in [0.2, 0.25) is 0 Å². The molecular weight excluding hydrogens is 413 g/mol. The molecule has 0 aliphatic heterocycles. The highest BCUT2D eigenvalue weighted by Crippen LogP contribution is 2.18. The van der Waals surface area contributed by atoms with Crippen LogP contribution < -0.4 is 5.32 Å². The first-order valence-corrected chi connectivity index (χ1v) is 7.18. The quantitative estimate of drug-likeness (QED) is 0.729. The predicted molar refractivity (Wildman–Crippen MR) is 80.6 cm³/mol. The van der Waals surface area contributed by atoms with Gasteiger partial charge in [-0.1, -0.05) is 29.8 Å². The van der Waals surface area contributed by atoms with Gasteiger partial charge in [-0.25, -0.2) is 4.79 Å². The second-order valence-corrected chi connectivity index (χ2v) is 6.24. The summed E-state index contributed by atoms with van der Waals surface area (Å²) in [7, 11) is 0. The fourth-order valence-electron chi connectivity index (χ4n) is 1.40. The molecular formula is C12H13BrINO3. The molecule has 1 aromatic rings. The number of hydrogen-bond donors (Lipinski definition) is 2. The summed E-state index contributed by atoms with van der Waals surface area (Å²) in [5, 5.41) is 11.6. The zero-order valence-electron chi connectivity index (χ0n) is 9.91. The molecule has 0 heterocycles. The van der Waals surface area contributed by atoms with Gasteiger partial charge in [0.05, 0.1) is 5.56 Å². The molecule has 18 heavy (non-hydrogen) atoms. The molecule has 0 aliphatic carbocycles. The normalized spacial score (nSPS) is 12.3. The highest BCUT2D eigenvalue weighted by Gasteiger charge is 2.24. The van der Waals surface area contributed by atoms with Crippen molar-refractivity contribution >= 4 is 50.4 Å². The summed E-state index contributed by atoms with van der Waals surface area (Å²) in [4.78, 5) is 23.1. The minimum atomic E-state index is -1.02. The number of aliphatic carboxylic acids is 1.